The van der Waals surface area contributed by atoms with Gasteiger partial charge in [-0.15, -0.1) is 0 Å². The second kappa shape index (κ2) is 6.32. The van der Waals surface area contributed by atoms with Gasteiger partial charge in [-0.25, -0.2) is 0 Å². The molecule has 108 valence electrons. The standard InChI is InChI=1S/C15H21N3O2/c1-4-20-14-7-5-6-12(15(14)19)8-16-13-9-17-18(10-13)11(2)3/h5-7,9-11,16,19H,4,8H2,1-3H3. The molecule has 0 saturated heterocycles. The van der Waals surface area contributed by atoms with Crippen LogP contribution in [0, 0.1) is 0 Å². The third-order valence-corrected chi connectivity index (χ3v) is 3.00. The van der Waals surface area contributed by atoms with E-state index in [0.717, 1.165) is 11.3 Å². The van der Waals surface area contributed by atoms with Gasteiger partial charge in [0.05, 0.1) is 18.5 Å². The molecule has 5 heteroatoms. The van der Waals surface area contributed by atoms with Crippen molar-refractivity contribution in [2.24, 2.45) is 0 Å². The Labute approximate surface area is 119 Å². The average Bonchev–Trinajstić information content (AvgIpc) is 2.89. The lowest BCUT2D eigenvalue weighted by Gasteiger charge is -2.10. The molecule has 0 aliphatic carbocycles. The first-order valence-corrected chi connectivity index (χ1v) is 6.83. The van der Waals surface area contributed by atoms with Crippen LogP contribution in [0.3, 0.4) is 0 Å². The molecule has 2 N–H and O–H groups in total. The van der Waals surface area contributed by atoms with Gasteiger partial charge in [-0.2, -0.15) is 5.10 Å². The van der Waals surface area contributed by atoms with E-state index in [1.54, 1.807) is 12.3 Å². The summed E-state index contributed by atoms with van der Waals surface area (Å²) in [6, 6.07) is 5.84. The number of hydrogen-bond donors (Lipinski definition) is 2. The highest BCUT2D eigenvalue weighted by Gasteiger charge is 2.08. The fourth-order valence-electron chi connectivity index (χ4n) is 1.89. The predicted octanol–water partition coefficient (Wildman–Crippen LogP) is 3.18. The second-order valence-electron chi connectivity index (χ2n) is 4.85. The van der Waals surface area contributed by atoms with E-state index in [2.05, 4.69) is 24.3 Å². The van der Waals surface area contributed by atoms with Gasteiger partial charge in [0.25, 0.3) is 0 Å². The minimum Gasteiger partial charge on any atom is -0.504 e. The fourth-order valence-corrected chi connectivity index (χ4v) is 1.89. The van der Waals surface area contributed by atoms with Crippen molar-refractivity contribution < 1.29 is 9.84 Å². The fraction of sp³-hybridized carbons (Fsp3) is 0.400. The molecule has 0 saturated carbocycles. The molecule has 0 amide bonds. The first-order valence-electron chi connectivity index (χ1n) is 6.83. The van der Waals surface area contributed by atoms with Crippen LogP contribution >= 0.6 is 0 Å². The van der Waals surface area contributed by atoms with Crippen molar-refractivity contribution in [3.63, 3.8) is 0 Å². The third kappa shape index (κ3) is 3.23. The maximum absolute atomic E-state index is 10.1. The molecule has 1 aromatic heterocycles. The van der Waals surface area contributed by atoms with Crippen molar-refractivity contribution in [2.45, 2.75) is 33.4 Å². The molecule has 2 aromatic rings. The Morgan fingerprint density at radius 3 is 2.85 bits per heavy atom. The van der Waals surface area contributed by atoms with Crippen LogP contribution in [-0.4, -0.2) is 21.5 Å². The highest BCUT2D eigenvalue weighted by atomic mass is 16.5. The number of nitrogens with one attached hydrogen (secondary N) is 1. The first-order chi connectivity index (χ1) is 9.61. The SMILES string of the molecule is CCOc1cccc(CNc2cnn(C(C)C)c2)c1O. The van der Waals surface area contributed by atoms with Crippen LogP contribution in [0.1, 0.15) is 32.4 Å². The molecule has 0 radical (unpaired) electrons. The monoisotopic (exact) mass is 275 g/mol. The summed E-state index contributed by atoms with van der Waals surface area (Å²) in [6.07, 6.45) is 3.73. The number of aromatic nitrogens is 2. The van der Waals surface area contributed by atoms with Crippen LogP contribution in [0.25, 0.3) is 0 Å². The zero-order chi connectivity index (χ0) is 14.5. The second-order valence-corrected chi connectivity index (χ2v) is 4.85. The van der Waals surface area contributed by atoms with Gasteiger partial charge in [-0.05, 0) is 26.8 Å². The van der Waals surface area contributed by atoms with Gasteiger partial charge in [-0.1, -0.05) is 12.1 Å². The molecule has 0 atom stereocenters. The molecule has 0 aliphatic heterocycles. The van der Waals surface area contributed by atoms with Crippen molar-refractivity contribution in [3.8, 4) is 11.5 Å². The van der Waals surface area contributed by atoms with Crippen molar-refractivity contribution in [3.05, 3.63) is 36.2 Å². The van der Waals surface area contributed by atoms with Crippen LogP contribution in [0.5, 0.6) is 11.5 Å². The van der Waals surface area contributed by atoms with Crippen molar-refractivity contribution >= 4 is 5.69 Å². The van der Waals surface area contributed by atoms with Crippen LogP contribution in [-0.2, 0) is 6.54 Å². The Bertz CT molecular complexity index is 564. The van der Waals surface area contributed by atoms with Crippen LogP contribution in [0.4, 0.5) is 5.69 Å². The van der Waals surface area contributed by atoms with Gasteiger partial charge < -0.3 is 15.2 Å². The van der Waals surface area contributed by atoms with Gasteiger partial charge in [0.2, 0.25) is 0 Å². The number of rotatable bonds is 6. The third-order valence-electron chi connectivity index (χ3n) is 3.00. The van der Waals surface area contributed by atoms with Crippen LogP contribution in [0.2, 0.25) is 0 Å². The molecule has 0 aliphatic rings. The molecule has 1 aromatic carbocycles. The molecular formula is C15H21N3O2. The first kappa shape index (κ1) is 14.2. The van der Waals surface area contributed by atoms with E-state index >= 15 is 0 Å². The van der Waals surface area contributed by atoms with Gasteiger partial charge in [0.15, 0.2) is 11.5 Å². The van der Waals surface area contributed by atoms with Crippen molar-refractivity contribution in [2.75, 3.05) is 11.9 Å². The number of benzene rings is 1. The minimum atomic E-state index is 0.193. The van der Waals surface area contributed by atoms with E-state index in [-0.39, 0.29) is 5.75 Å². The van der Waals surface area contributed by atoms with E-state index in [0.29, 0.717) is 24.9 Å². The summed E-state index contributed by atoms with van der Waals surface area (Å²) < 4.78 is 7.26. The van der Waals surface area contributed by atoms with Gasteiger partial charge in [-0.3, -0.25) is 4.68 Å². The summed E-state index contributed by atoms with van der Waals surface area (Å²) >= 11 is 0. The Balaban J connectivity index is 2.04. The molecule has 0 unspecified atom stereocenters. The number of aromatic hydroxyl groups is 1. The molecule has 2 rings (SSSR count). The van der Waals surface area contributed by atoms with E-state index in [4.69, 9.17) is 4.74 Å². The summed E-state index contributed by atoms with van der Waals surface area (Å²) in [4.78, 5) is 0. The summed E-state index contributed by atoms with van der Waals surface area (Å²) in [7, 11) is 0. The van der Waals surface area contributed by atoms with Gasteiger partial charge >= 0.3 is 0 Å². The molecule has 1 heterocycles. The van der Waals surface area contributed by atoms with Gasteiger partial charge in [0, 0.05) is 24.3 Å². The topological polar surface area (TPSA) is 59.3 Å². The van der Waals surface area contributed by atoms with Gasteiger partial charge in [0.1, 0.15) is 0 Å². The number of para-hydroxylation sites is 1. The molecule has 0 fully saturated rings. The smallest absolute Gasteiger partial charge is 0.162 e. The Morgan fingerprint density at radius 2 is 2.20 bits per heavy atom. The molecule has 20 heavy (non-hydrogen) atoms. The summed E-state index contributed by atoms with van der Waals surface area (Å²) in [5.41, 5.74) is 1.73. The number of phenols is 1. The zero-order valence-corrected chi connectivity index (χ0v) is 12.1. The highest BCUT2D eigenvalue weighted by Crippen LogP contribution is 2.30. The van der Waals surface area contributed by atoms with Crippen LogP contribution < -0.4 is 10.1 Å². The summed E-state index contributed by atoms with van der Waals surface area (Å²) in [5.74, 6) is 0.711. The normalized spacial score (nSPS) is 10.8. The lowest BCUT2D eigenvalue weighted by atomic mass is 10.2. The number of anilines is 1. The van der Waals surface area contributed by atoms with Crippen molar-refractivity contribution in [1.29, 1.82) is 0 Å². The quantitative estimate of drug-likeness (QED) is 0.850. The van der Waals surface area contributed by atoms with Crippen molar-refractivity contribution in [1.82, 2.24) is 9.78 Å². The largest absolute Gasteiger partial charge is 0.504 e. The van der Waals surface area contributed by atoms with E-state index in [1.165, 1.54) is 0 Å². The maximum atomic E-state index is 10.1. The Morgan fingerprint density at radius 1 is 1.40 bits per heavy atom. The van der Waals surface area contributed by atoms with Crippen LogP contribution in [0.15, 0.2) is 30.6 Å². The lowest BCUT2D eigenvalue weighted by Crippen LogP contribution is -2.02. The maximum Gasteiger partial charge on any atom is 0.162 e. The summed E-state index contributed by atoms with van der Waals surface area (Å²) in [6.45, 7) is 7.11. The number of ether oxygens (including phenoxy) is 1. The Kier molecular flexibility index (Phi) is 4.50. The predicted molar refractivity (Wildman–Crippen MR) is 79.2 cm³/mol. The molecular weight excluding hydrogens is 254 g/mol. The lowest BCUT2D eigenvalue weighted by molar-refractivity contribution is 0.317. The van der Waals surface area contributed by atoms with E-state index in [9.17, 15) is 5.11 Å². The molecule has 5 nitrogen and oxygen atoms in total. The van der Waals surface area contributed by atoms with E-state index in [1.807, 2.05) is 29.9 Å². The zero-order valence-electron chi connectivity index (χ0n) is 12.1. The molecule has 0 spiro atoms. The summed E-state index contributed by atoms with van der Waals surface area (Å²) in [5, 5.41) is 17.6. The number of nitrogens with zero attached hydrogens (tertiary/aromatic N) is 2. The minimum absolute atomic E-state index is 0.193. The number of hydrogen-bond acceptors (Lipinski definition) is 4. The molecule has 0 bridgehead atoms. The van der Waals surface area contributed by atoms with E-state index < -0.39 is 0 Å². The Hall–Kier alpha value is -2.17. The number of phenolic OH excluding ortho intramolecular Hbond substituents is 1. The average molecular weight is 275 g/mol. The highest BCUT2D eigenvalue weighted by molar-refractivity contribution is 5.48.